The zero-order chi connectivity index (χ0) is 18.8. The van der Waals surface area contributed by atoms with Crippen LogP contribution < -0.4 is 4.90 Å². The smallest absolute Gasteiger partial charge is 0.240 e. The number of aromatic nitrogens is 3. The SMILES string of the molecule is CC(Sc1nnc(C2CC2)n1C1CC1)C(=O)N(CCC#N)c1ccccc1. The van der Waals surface area contributed by atoms with Gasteiger partial charge in [0.15, 0.2) is 5.16 Å². The predicted octanol–water partition coefficient (Wildman–Crippen LogP) is 3.92. The van der Waals surface area contributed by atoms with Crippen LogP contribution in [0.2, 0.25) is 0 Å². The van der Waals surface area contributed by atoms with E-state index < -0.39 is 0 Å². The Hall–Kier alpha value is -2.33. The van der Waals surface area contributed by atoms with Crippen molar-refractivity contribution in [2.45, 2.75) is 61.4 Å². The summed E-state index contributed by atoms with van der Waals surface area (Å²) in [6.45, 7) is 2.31. The molecule has 4 rings (SSSR count). The minimum absolute atomic E-state index is 0.000214. The minimum Gasteiger partial charge on any atom is -0.310 e. The van der Waals surface area contributed by atoms with Crippen LogP contribution in [-0.4, -0.2) is 32.5 Å². The number of benzene rings is 1. The van der Waals surface area contributed by atoms with Crippen LogP contribution in [0.25, 0.3) is 0 Å². The molecule has 0 saturated heterocycles. The zero-order valence-corrected chi connectivity index (χ0v) is 16.2. The molecule has 2 aliphatic carbocycles. The van der Waals surface area contributed by atoms with Gasteiger partial charge in [-0.2, -0.15) is 5.26 Å². The van der Waals surface area contributed by atoms with E-state index in [-0.39, 0.29) is 11.2 Å². The monoisotopic (exact) mass is 381 g/mol. The fourth-order valence-corrected chi connectivity index (χ4v) is 4.22. The van der Waals surface area contributed by atoms with Crippen LogP contribution >= 0.6 is 11.8 Å². The number of nitriles is 1. The lowest BCUT2D eigenvalue weighted by molar-refractivity contribution is -0.117. The fraction of sp³-hybridized carbons (Fsp3) is 0.500. The Balaban J connectivity index is 1.52. The average Bonchev–Trinajstić information content (AvgIpc) is 3.62. The third-order valence-corrected chi connectivity index (χ3v) is 6.00. The number of carbonyl (C=O) groups excluding carboxylic acids is 1. The van der Waals surface area contributed by atoms with E-state index in [1.165, 1.54) is 37.4 Å². The van der Waals surface area contributed by atoms with E-state index in [4.69, 9.17) is 5.26 Å². The first kappa shape index (κ1) is 18.1. The highest BCUT2D eigenvalue weighted by molar-refractivity contribution is 8.00. The lowest BCUT2D eigenvalue weighted by Crippen LogP contribution is -2.37. The molecule has 1 atom stereocenters. The van der Waals surface area contributed by atoms with Crippen LogP contribution in [0.3, 0.4) is 0 Å². The van der Waals surface area contributed by atoms with E-state index >= 15 is 0 Å². The Morgan fingerprint density at radius 3 is 2.67 bits per heavy atom. The number of amides is 1. The molecule has 7 heteroatoms. The van der Waals surface area contributed by atoms with Gasteiger partial charge in [-0.05, 0) is 44.7 Å². The van der Waals surface area contributed by atoms with Gasteiger partial charge in [-0.3, -0.25) is 4.79 Å². The van der Waals surface area contributed by atoms with E-state index in [0.29, 0.717) is 24.9 Å². The second-order valence-electron chi connectivity index (χ2n) is 7.21. The van der Waals surface area contributed by atoms with Crippen molar-refractivity contribution in [1.82, 2.24) is 14.8 Å². The third-order valence-electron chi connectivity index (χ3n) is 4.96. The Morgan fingerprint density at radius 1 is 1.30 bits per heavy atom. The maximum Gasteiger partial charge on any atom is 0.240 e. The fourth-order valence-electron chi connectivity index (χ4n) is 3.23. The van der Waals surface area contributed by atoms with Gasteiger partial charge < -0.3 is 9.47 Å². The second kappa shape index (κ2) is 7.73. The quantitative estimate of drug-likeness (QED) is 0.648. The Labute approximate surface area is 163 Å². The molecule has 1 unspecified atom stereocenters. The summed E-state index contributed by atoms with van der Waals surface area (Å²) in [6, 6.07) is 12.2. The summed E-state index contributed by atoms with van der Waals surface area (Å²) in [4.78, 5) is 14.9. The van der Waals surface area contributed by atoms with E-state index in [1.807, 2.05) is 37.3 Å². The highest BCUT2D eigenvalue weighted by atomic mass is 32.2. The first-order chi connectivity index (χ1) is 13.2. The summed E-state index contributed by atoms with van der Waals surface area (Å²) in [6.07, 6.45) is 5.04. The Bertz CT molecular complexity index is 851. The number of para-hydroxylation sites is 1. The molecule has 2 fully saturated rings. The molecule has 27 heavy (non-hydrogen) atoms. The predicted molar refractivity (Wildman–Crippen MR) is 105 cm³/mol. The van der Waals surface area contributed by atoms with Crippen LogP contribution in [0, 0.1) is 11.3 Å². The van der Waals surface area contributed by atoms with Crippen molar-refractivity contribution >= 4 is 23.4 Å². The van der Waals surface area contributed by atoms with Crippen molar-refractivity contribution in [1.29, 1.82) is 5.26 Å². The first-order valence-electron chi connectivity index (χ1n) is 9.54. The van der Waals surface area contributed by atoms with Crippen molar-refractivity contribution in [3.8, 4) is 6.07 Å². The van der Waals surface area contributed by atoms with Gasteiger partial charge in [-0.25, -0.2) is 0 Å². The van der Waals surface area contributed by atoms with E-state index in [9.17, 15) is 4.79 Å². The number of thioether (sulfide) groups is 1. The number of nitrogens with zero attached hydrogens (tertiary/aromatic N) is 5. The summed E-state index contributed by atoms with van der Waals surface area (Å²) in [5.74, 6) is 1.65. The van der Waals surface area contributed by atoms with Gasteiger partial charge in [0, 0.05) is 24.2 Å². The number of hydrogen-bond donors (Lipinski definition) is 0. The van der Waals surface area contributed by atoms with Crippen LogP contribution in [0.1, 0.15) is 56.8 Å². The molecule has 1 amide bonds. The first-order valence-corrected chi connectivity index (χ1v) is 10.4. The van der Waals surface area contributed by atoms with Gasteiger partial charge in [0.2, 0.25) is 5.91 Å². The van der Waals surface area contributed by atoms with E-state index in [0.717, 1.165) is 16.7 Å². The van der Waals surface area contributed by atoms with E-state index in [1.54, 1.807) is 4.90 Å². The molecule has 2 saturated carbocycles. The Morgan fingerprint density at radius 2 is 2.04 bits per heavy atom. The molecule has 140 valence electrons. The van der Waals surface area contributed by atoms with Crippen LogP contribution in [0.5, 0.6) is 0 Å². The second-order valence-corrected chi connectivity index (χ2v) is 8.52. The van der Waals surface area contributed by atoms with Crippen molar-refractivity contribution in [2.75, 3.05) is 11.4 Å². The summed E-state index contributed by atoms with van der Waals surface area (Å²) in [7, 11) is 0. The number of rotatable bonds is 8. The largest absolute Gasteiger partial charge is 0.310 e. The molecular weight excluding hydrogens is 358 g/mol. The molecule has 1 heterocycles. The van der Waals surface area contributed by atoms with Gasteiger partial charge in [-0.15, -0.1) is 10.2 Å². The van der Waals surface area contributed by atoms with Crippen molar-refractivity contribution in [2.24, 2.45) is 0 Å². The van der Waals surface area contributed by atoms with Crippen LogP contribution in [0.4, 0.5) is 5.69 Å². The van der Waals surface area contributed by atoms with Gasteiger partial charge in [0.05, 0.1) is 17.7 Å². The average molecular weight is 382 g/mol. The van der Waals surface area contributed by atoms with Crippen molar-refractivity contribution in [3.63, 3.8) is 0 Å². The highest BCUT2D eigenvalue weighted by Gasteiger charge is 2.37. The van der Waals surface area contributed by atoms with Crippen LogP contribution in [-0.2, 0) is 4.79 Å². The maximum atomic E-state index is 13.1. The zero-order valence-electron chi connectivity index (χ0n) is 15.4. The molecule has 6 nitrogen and oxygen atoms in total. The summed E-state index contributed by atoms with van der Waals surface area (Å²) >= 11 is 1.48. The molecule has 2 aliphatic rings. The van der Waals surface area contributed by atoms with Gasteiger partial charge >= 0.3 is 0 Å². The lowest BCUT2D eigenvalue weighted by Gasteiger charge is -2.25. The normalized spacial score (nSPS) is 17.3. The topological polar surface area (TPSA) is 74.8 Å². The minimum atomic E-state index is -0.294. The van der Waals surface area contributed by atoms with Crippen molar-refractivity contribution in [3.05, 3.63) is 36.2 Å². The number of anilines is 1. The third kappa shape index (κ3) is 4.01. The molecule has 1 aromatic heterocycles. The molecule has 0 spiro atoms. The molecular formula is C20H23N5OS. The highest BCUT2D eigenvalue weighted by Crippen LogP contribution is 2.46. The van der Waals surface area contributed by atoms with Crippen molar-refractivity contribution < 1.29 is 4.79 Å². The number of carbonyl (C=O) groups is 1. The molecule has 0 N–H and O–H groups in total. The molecule has 2 aromatic rings. The maximum absolute atomic E-state index is 13.1. The number of hydrogen-bond acceptors (Lipinski definition) is 5. The molecule has 0 radical (unpaired) electrons. The van der Waals surface area contributed by atoms with Gasteiger partial charge in [0.25, 0.3) is 0 Å². The summed E-state index contributed by atoms with van der Waals surface area (Å²) < 4.78 is 2.27. The van der Waals surface area contributed by atoms with Crippen LogP contribution in [0.15, 0.2) is 35.5 Å². The standard InChI is InChI=1S/C20H23N5OS/c1-14(19(26)24(13-5-12-21)16-6-3-2-4-7-16)27-20-23-22-18(15-8-9-15)25(20)17-10-11-17/h2-4,6-7,14-15,17H,5,8-11,13H2,1H3. The van der Waals surface area contributed by atoms with E-state index in [2.05, 4.69) is 20.8 Å². The lowest BCUT2D eigenvalue weighted by atomic mass is 10.2. The van der Waals surface area contributed by atoms with Gasteiger partial charge in [-0.1, -0.05) is 30.0 Å². The summed E-state index contributed by atoms with van der Waals surface area (Å²) in [5.41, 5.74) is 0.826. The molecule has 0 aliphatic heterocycles. The van der Waals surface area contributed by atoms with Gasteiger partial charge in [0.1, 0.15) is 5.82 Å². The Kier molecular flexibility index (Phi) is 5.17. The summed E-state index contributed by atoms with van der Waals surface area (Å²) in [5, 5.41) is 18.4. The molecule has 0 bridgehead atoms. The molecule has 1 aromatic carbocycles.